The Balaban J connectivity index is 0.848. The van der Waals surface area contributed by atoms with Crippen molar-refractivity contribution < 1.29 is 0 Å². The first-order valence-electron chi connectivity index (χ1n) is 33.1. The first-order chi connectivity index (χ1) is 48.1. The maximum atomic E-state index is 5.42. The molecule has 0 fully saturated rings. The normalized spacial score (nSPS) is 11.9. The zero-order valence-corrected chi connectivity index (χ0v) is 52.5. The summed E-state index contributed by atoms with van der Waals surface area (Å²) in [5.74, 6) is 1.73. The summed E-state index contributed by atoms with van der Waals surface area (Å²) in [7, 11) is 0. The highest BCUT2D eigenvalue weighted by atomic mass is 15.2. The van der Waals surface area contributed by atoms with Crippen molar-refractivity contribution in [1.29, 1.82) is 0 Å². The van der Waals surface area contributed by atoms with Crippen LogP contribution in [-0.4, -0.2) is 28.7 Å². The molecule has 0 bridgehead atoms. The molecule has 6 nitrogen and oxygen atoms in total. The molecular formula is C91H56N6. The molecule has 0 aliphatic heterocycles. The third-order valence-electron chi connectivity index (χ3n) is 20.1. The summed E-state index contributed by atoms with van der Waals surface area (Å²) in [5, 5.41) is 16.6. The minimum atomic E-state index is 0.533. The van der Waals surface area contributed by atoms with Crippen LogP contribution in [0, 0.1) is 0 Å². The van der Waals surface area contributed by atoms with Crippen molar-refractivity contribution in [2.24, 2.45) is 0 Å². The molecule has 0 aliphatic carbocycles. The Morgan fingerprint density at radius 2 is 0.443 bits per heavy atom. The van der Waals surface area contributed by atoms with E-state index >= 15 is 0 Å². The molecule has 16 aromatic carbocycles. The van der Waals surface area contributed by atoms with Gasteiger partial charge >= 0.3 is 0 Å². The standard InChI is InChI=1S/C91H56N6/c1-3-23-61(24-4-1)89-92-90(62-25-5-2-6-26-62)94-91(93-89)97-87-49-43-67(95-83-45-39-63(73-35-15-27-57-19-7-11-31-69(57)73)51-77(83)78-52-64(40-46-84(78)95)74-36-16-28-58-20-8-12-32-70(58)74)55-81(87)82-56-68(44-50-88(82)97)96-85-47-41-65(75-37-17-29-59-21-9-13-33-71(59)75)53-79(85)80-54-66(42-48-86(80)96)76-38-18-30-60-22-10-14-34-72(60)76/h1-56H. The maximum absolute atomic E-state index is 5.42. The van der Waals surface area contributed by atoms with Gasteiger partial charge in [-0.3, -0.25) is 4.57 Å². The largest absolute Gasteiger partial charge is 0.309 e. The highest BCUT2D eigenvalue weighted by Crippen LogP contribution is 2.45. The lowest BCUT2D eigenvalue weighted by atomic mass is 9.95. The van der Waals surface area contributed by atoms with Crippen molar-refractivity contribution in [3.63, 3.8) is 0 Å². The maximum Gasteiger partial charge on any atom is 0.238 e. The highest BCUT2D eigenvalue weighted by molar-refractivity contribution is 6.17. The molecule has 0 aliphatic rings. The van der Waals surface area contributed by atoms with Gasteiger partial charge in [0.15, 0.2) is 11.6 Å². The van der Waals surface area contributed by atoms with Crippen molar-refractivity contribution >= 4 is 109 Å². The number of benzene rings is 16. The van der Waals surface area contributed by atoms with Gasteiger partial charge in [-0.25, -0.2) is 4.98 Å². The van der Waals surface area contributed by atoms with Crippen LogP contribution in [0.4, 0.5) is 0 Å². The van der Waals surface area contributed by atoms with Gasteiger partial charge in [-0.15, -0.1) is 0 Å². The summed E-state index contributed by atoms with van der Waals surface area (Å²) in [6.45, 7) is 0. The van der Waals surface area contributed by atoms with E-state index in [9.17, 15) is 0 Å². The summed E-state index contributed by atoms with van der Waals surface area (Å²) in [5.41, 5.74) is 19.8. The lowest BCUT2D eigenvalue weighted by Crippen LogP contribution is -2.06. The third-order valence-corrected chi connectivity index (χ3v) is 20.1. The molecule has 0 saturated heterocycles. The van der Waals surface area contributed by atoms with E-state index in [-0.39, 0.29) is 0 Å². The lowest BCUT2D eigenvalue weighted by molar-refractivity contribution is 0.953. The fourth-order valence-corrected chi connectivity index (χ4v) is 15.6. The molecule has 0 atom stereocenters. The van der Waals surface area contributed by atoms with Crippen molar-refractivity contribution in [2.45, 2.75) is 0 Å². The first kappa shape index (κ1) is 54.5. The number of hydrogen-bond acceptors (Lipinski definition) is 3. The molecule has 0 N–H and O–H groups in total. The quantitative estimate of drug-likeness (QED) is 0.145. The van der Waals surface area contributed by atoms with E-state index in [2.05, 4.69) is 317 Å². The second-order valence-electron chi connectivity index (χ2n) is 25.5. The highest BCUT2D eigenvalue weighted by Gasteiger charge is 2.24. The molecule has 4 heterocycles. The summed E-state index contributed by atoms with van der Waals surface area (Å²) >= 11 is 0. The zero-order chi connectivity index (χ0) is 63.7. The van der Waals surface area contributed by atoms with Gasteiger partial charge in [-0.1, -0.05) is 255 Å². The number of aromatic nitrogens is 6. The Morgan fingerprint density at radius 3 is 0.773 bits per heavy atom. The summed E-state index contributed by atoms with van der Waals surface area (Å²) in [6, 6.07) is 124. The molecule has 0 spiro atoms. The predicted octanol–water partition coefficient (Wildman–Crippen LogP) is 23.8. The van der Waals surface area contributed by atoms with Gasteiger partial charge in [-0.2, -0.15) is 9.97 Å². The van der Waals surface area contributed by atoms with Crippen LogP contribution in [0.5, 0.6) is 0 Å². The summed E-state index contributed by atoms with van der Waals surface area (Å²) in [4.78, 5) is 16.0. The molecule has 20 rings (SSSR count). The number of nitrogens with zero attached hydrogens (tertiary/aromatic N) is 6. The SMILES string of the molecule is c1ccc(-c2nc(-c3ccccc3)nc(-n3c4ccc(-n5c6ccc(-c7cccc8ccccc78)cc6c6cc(-c7cccc8ccccc78)ccc65)cc4c4cc(-n5c6ccc(-c7cccc8ccccc78)cc6c6cc(-c7cccc8ccccc78)ccc65)ccc43)n2)cc1. The van der Waals surface area contributed by atoms with E-state index in [1.165, 1.54) is 109 Å². The molecule has 20 aromatic rings. The minimum Gasteiger partial charge on any atom is -0.309 e. The van der Waals surface area contributed by atoms with E-state index < -0.39 is 0 Å². The van der Waals surface area contributed by atoms with E-state index in [4.69, 9.17) is 15.0 Å². The monoisotopic (exact) mass is 1230 g/mol. The Hall–Kier alpha value is -13.0. The van der Waals surface area contributed by atoms with E-state index in [1.54, 1.807) is 0 Å². The number of rotatable bonds is 9. The van der Waals surface area contributed by atoms with Crippen LogP contribution in [-0.2, 0) is 0 Å². The van der Waals surface area contributed by atoms with Gasteiger partial charge < -0.3 is 9.13 Å². The van der Waals surface area contributed by atoms with Gasteiger partial charge in [0.05, 0.1) is 33.1 Å². The smallest absolute Gasteiger partial charge is 0.238 e. The van der Waals surface area contributed by atoms with E-state index in [1.807, 2.05) is 36.4 Å². The molecule has 0 amide bonds. The van der Waals surface area contributed by atoms with Gasteiger partial charge in [0.1, 0.15) is 0 Å². The number of fused-ring (bicyclic) bond motifs is 13. The van der Waals surface area contributed by atoms with Gasteiger partial charge in [-0.05, 0) is 173 Å². The van der Waals surface area contributed by atoms with E-state index in [0.29, 0.717) is 17.6 Å². The van der Waals surface area contributed by atoms with Crippen molar-refractivity contribution in [2.75, 3.05) is 0 Å². The molecular weight excluding hydrogens is 1180 g/mol. The van der Waals surface area contributed by atoms with Gasteiger partial charge in [0, 0.05) is 54.8 Å². The fourth-order valence-electron chi connectivity index (χ4n) is 15.6. The van der Waals surface area contributed by atoms with Crippen LogP contribution in [0.3, 0.4) is 0 Å². The molecule has 0 radical (unpaired) electrons. The molecule has 4 aromatic heterocycles. The van der Waals surface area contributed by atoms with Crippen LogP contribution >= 0.6 is 0 Å². The van der Waals surface area contributed by atoms with Crippen molar-refractivity contribution in [1.82, 2.24) is 28.7 Å². The molecule has 6 heteroatoms. The average molecular weight is 1230 g/mol. The molecule has 97 heavy (non-hydrogen) atoms. The Morgan fingerprint density at radius 1 is 0.175 bits per heavy atom. The lowest BCUT2D eigenvalue weighted by Gasteiger charge is -2.12. The topological polar surface area (TPSA) is 53.5 Å². The van der Waals surface area contributed by atoms with Crippen LogP contribution in [0.1, 0.15) is 0 Å². The van der Waals surface area contributed by atoms with Crippen LogP contribution in [0.15, 0.2) is 340 Å². The molecule has 0 saturated carbocycles. The minimum absolute atomic E-state index is 0.533. The Kier molecular flexibility index (Phi) is 12.2. The third kappa shape index (κ3) is 8.78. The Labute approximate surface area is 558 Å². The molecule has 0 unspecified atom stereocenters. The number of hydrogen-bond donors (Lipinski definition) is 0. The van der Waals surface area contributed by atoms with Gasteiger partial charge in [0.25, 0.3) is 0 Å². The summed E-state index contributed by atoms with van der Waals surface area (Å²) in [6.07, 6.45) is 0. The fraction of sp³-hybridized carbons (Fsp3) is 0. The summed E-state index contributed by atoms with van der Waals surface area (Å²) < 4.78 is 7.18. The van der Waals surface area contributed by atoms with Crippen molar-refractivity contribution in [3.8, 4) is 84.6 Å². The predicted molar refractivity (Wildman–Crippen MR) is 405 cm³/mol. The Bertz CT molecular complexity index is 5940. The zero-order valence-electron chi connectivity index (χ0n) is 52.5. The first-order valence-corrected chi connectivity index (χ1v) is 33.1. The average Bonchev–Trinajstić information content (AvgIpc) is 1.58. The van der Waals surface area contributed by atoms with Crippen LogP contribution in [0.25, 0.3) is 193 Å². The van der Waals surface area contributed by atoms with Crippen LogP contribution < -0.4 is 0 Å². The van der Waals surface area contributed by atoms with E-state index in [0.717, 1.165) is 66.4 Å². The second-order valence-corrected chi connectivity index (χ2v) is 25.5. The van der Waals surface area contributed by atoms with Crippen LogP contribution in [0.2, 0.25) is 0 Å². The molecule has 450 valence electrons. The van der Waals surface area contributed by atoms with Crippen molar-refractivity contribution in [3.05, 3.63) is 340 Å². The second kappa shape index (κ2) is 21.8. The van der Waals surface area contributed by atoms with Gasteiger partial charge in [0.2, 0.25) is 5.95 Å².